The SMILES string of the molecule is Cc1nc(C(=O)OCc2ccccc2)nc(C(=O)OCc2ccccc2)c1I. The number of aromatic nitrogens is 2. The van der Waals surface area contributed by atoms with Gasteiger partial charge >= 0.3 is 11.9 Å². The molecule has 142 valence electrons. The van der Waals surface area contributed by atoms with Crippen LogP contribution in [0.15, 0.2) is 60.7 Å². The lowest BCUT2D eigenvalue weighted by Gasteiger charge is -2.10. The van der Waals surface area contributed by atoms with Crippen molar-refractivity contribution in [2.24, 2.45) is 0 Å². The van der Waals surface area contributed by atoms with Crippen LogP contribution in [0.2, 0.25) is 0 Å². The van der Waals surface area contributed by atoms with E-state index in [1.165, 1.54) is 0 Å². The first-order valence-corrected chi connectivity index (χ1v) is 9.58. The van der Waals surface area contributed by atoms with Gasteiger partial charge in [-0.1, -0.05) is 60.7 Å². The first kappa shape index (κ1) is 19.9. The van der Waals surface area contributed by atoms with Crippen LogP contribution < -0.4 is 0 Å². The van der Waals surface area contributed by atoms with Gasteiger partial charge in [-0.3, -0.25) is 0 Å². The van der Waals surface area contributed by atoms with Crippen LogP contribution in [-0.2, 0) is 22.7 Å². The maximum Gasteiger partial charge on any atom is 0.376 e. The van der Waals surface area contributed by atoms with Crippen LogP contribution in [0, 0.1) is 10.5 Å². The van der Waals surface area contributed by atoms with E-state index in [0.717, 1.165) is 11.1 Å². The van der Waals surface area contributed by atoms with Crippen molar-refractivity contribution in [1.29, 1.82) is 0 Å². The third-order valence-corrected chi connectivity index (χ3v) is 5.11. The number of halogens is 1. The molecule has 0 unspecified atom stereocenters. The number of rotatable bonds is 6. The predicted molar refractivity (Wildman–Crippen MR) is 111 cm³/mol. The Hall–Kier alpha value is -2.81. The number of nitrogens with zero attached hydrogens (tertiary/aromatic N) is 2. The number of carbonyl (C=O) groups is 2. The fraction of sp³-hybridized carbons (Fsp3) is 0.143. The van der Waals surface area contributed by atoms with Gasteiger partial charge in [0, 0.05) is 0 Å². The molecule has 0 radical (unpaired) electrons. The second-order valence-electron chi connectivity index (χ2n) is 5.92. The summed E-state index contributed by atoms with van der Waals surface area (Å²) in [6, 6.07) is 18.6. The molecule has 0 atom stereocenters. The zero-order chi connectivity index (χ0) is 19.9. The zero-order valence-electron chi connectivity index (χ0n) is 15.1. The largest absolute Gasteiger partial charge is 0.456 e. The van der Waals surface area contributed by atoms with Crippen molar-refractivity contribution in [3.63, 3.8) is 0 Å². The highest BCUT2D eigenvalue weighted by Gasteiger charge is 2.22. The van der Waals surface area contributed by atoms with Gasteiger partial charge in [0.1, 0.15) is 13.2 Å². The summed E-state index contributed by atoms with van der Waals surface area (Å²) in [5.74, 6) is -1.48. The number of carbonyl (C=O) groups excluding carboxylic acids is 2. The highest BCUT2D eigenvalue weighted by atomic mass is 127. The van der Waals surface area contributed by atoms with Crippen LogP contribution in [0.1, 0.15) is 37.9 Å². The summed E-state index contributed by atoms with van der Waals surface area (Å²) in [5.41, 5.74) is 2.27. The Morgan fingerprint density at radius 3 is 1.86 bits per heavy atom. The monoisotopic (exact) mass is 488 g/mol. The Kier molecular flexibility index (Phi) is 6.70. The number of hydrogen-bond acceptors (Lipinski definition) is 6. The Morgan fingerprint density at radius 2 is 1.32 bits per heavy atom. The van der Waals surface area contributed by atoms with Gasteiger partial charge < -0.3 is 9.47 Å². The van der Waals surface area contributed by atoms with E-state index in [1.807, 2.05) is 83.3 Å². The molecule has 0 saturated carbocycles. The Morgan fingerprint density at radius 1 is 0.821 bits per heavy atom. The molecule has 1 aromatic heterocycles. The molecule has 0 aliphatic heterocycles. The summed E-state index contributed by atoms with van der Waals surface area (Å²) in [4.78, 5) is 33.0. The van der Waals surface area contributed by atoms with Crippen molar-refractivity contribution in [1.82, 2.24) is 9.97 Å². The first-order chi connectivity index (χ1) is 13.5. The molecule has 0 aliphatic carbocycles. The normalized spacial score (nSPS) is 10.4. The topological polar surface area (TPSA) is 78.4 Å². The second kappa shape index (κ2) is 9.41. The molecule has 1 heterocycles. The van der Waals surface area contributed by atoms with E-state index in [4.69, 9.17) is 9.47 Å². The maximum absolute atomic E-state index is 12.5. The van der Waals surface area contributed by atoms with E-state index in [-0.39, 0.29) is 24.7 Å². The summed E-state index contributed by atoms with van der Waals surface area (Å²) in [6.45, 7) is 1.92. The number of ether oxygens (including phenoxy) is 2. The van der Waals surface area contributed by atoms with E-state index in [9.17, 15) is 9.59 Å². The minimum atomic E-state index is -0.694. The van der Waals surface area contributed by atoms with Crippen LogP contribution in [0.4, 0.5) is 0 Å². The number of hydrogen-bond donors (Lipinski definition) is 0. The maximum atomic E-state index is 12.5. The molecule has 0 aliphatic rings. The van der Waals surface area contributed by atoms with Gasteiger partial charge in [-0.2, -0.15) is 0 Å². The molecule has 0 amide bonds. The standard InChI is InChI=1S/C21H17IN2O4/c1-14-17(22)18(20(25)27-12-15-8-4-2-5-9-15)24-19(23-14)21(26)28-13-16-10-6-3-7-11-16/h2-11H,12-13H2,1H3. The Balaban J connectivity index is 1.72. The third-order valence-electron chi connectivity index (χ3n) is 3.82. The van der Waals surface area contributed by atoms with Crippen LogP contribution in [0.3, 0.4) is 0 Å². The van der Waals surface area contributed by atoms with E-state index >= 15 is 0 Å². The average molecular weight is 488 g/mol. The number of aryl methyl sites for hydroxylation is 1. The molecular formula is C21H17IN2O4. The summed E-state index contributed by atoms with van der Waals surface area (Å²) in [5, 5.41) is 0. The lowest BCUT2D eigenvalue weighted by molar-refractivity contribution is 0.0449. The molecule has 7 heteroatoms. The van der Waals surface area contributed by atoms with Crippen molar-refractivity contribution in [3.8, 4) is 0 Å². The summed E-state index contributed by atoms with van der Waals surface area (Å²) in [7, 11) is 0. The summed E-state index contributed by atoms with van der Waals surface area (Å²) < 4.78 is 11.1. The lowest BCUT2D eigenvalue weighted by atomic mass is 10.2. The molecule has 0 saturated heterocycles. The van der Waals surface area contributed by atoms with Crippen LogP contribution in [-0.4, -0.2) is 21.9 Å². The second-order valence-corrected chi connectivity index (χ2v) is 7.00. The minimum Gasteiger partial charge on any atom is -0.456 e. The fourth-order valence-corrected chi connectivity index (χ4v) is 2.83. The number of esters is 2. The summed E-state index contributed by atoms with van der Waals surface area (Å²) >= 11 is 1.97. The molecule has 28 heavy (non-hydrogen) atoms. The van der Waals surface area contributed by atoms with Crippen molar-refractivity contribution >= 4 is 34.5 Å². The molecule has 0 fully saturated rings. The van der Waals surface area contributed by atoms with Crippen molar-refractivity contribution < 1.29 is 19.1 Å². The van der Waals surface area contributed by atoms with Gasteiger partial charge in [-0.05, 0) is 40.6 Å². The fourth-order valence-electron chi connectivity index (χ4n) is 2.36. The van der Waals surface area contributed by atoms with Crippen molar-refractivity contribution in [2.45, 2.75) is 20.1 Å². The predicted octanol–water partition coefficient (Wildman–Crippen LogP) is 4.10. The Bertz CT molecular complexity index is 978. The van der Waals surface area contributed by atoms with Gasteiger partial charge in [0.05, 0.1) is 9.26 Å². The minimum absolute atomic E-state index is 0.0516. The summed E-state index contributed by atoms with van der Waals surface area (Å²) in [6.07, 6.45) is 0. The first-order valence-electron chi connectivity index (χ1n) is 8.51. The van der Waals surface area contributed by atoms with Crippen molar-refractivity contribution in [2.75, 3.05) is 0 Å². The van der Waals surface area contributed by atoms with Gasteiger partial charge in [-0.25, -0.2) is 19.6 Å². The van der Waals surface area contributed by atoms with E-state index < -0.39 is 11.9 Å². The van der Waals surface area contributed by atoms with Crippen LogP contribution in [0.25, 0.3) is 0 Å². The van der Waals surface area contributed by atoms with Gasteiger partial charge in [-0.15, -0.1) is 0 Å². The van der Waals surface area contributed by atoms with Crippen molar-refractivity contribution in [3.05, 3.63) is 92.6 Å². The highest BCUT2D eigenvalue weighted by Crippen LogP contribution is 2.16. The molecule has 2 aromatic carbocycles. The van der Waals surface area contributed by atoms with Gasteiger partial charge in [0.2, 0.25) is 5.82 Å². The zero-order valence-corrected chi connectivity index (χ0v) is 17.3. The molecular weight excluding hydrogens is 471 g/mol. The van der Waals surface area contributed by atoms with Crippen LogP contribution in [0.5, 0.6) is 0 Å². The van der Waals surface area contributed by atoms with Gasteiger partial charge in [0.25, 0.3) is 0 Å². The highest BCUT2D eigenvalue weighted by molar-refractivity contribution is 14.1. The molecule has 6 nitrogen and oxygen atoms in total. The molecule has 0 bridgehead atoms. The van der Waals surface area contributed by atoms with Crippen LogP contribution >= 0.6 is 22.6 Å². The van der Waals surface area contributed by atoms with E-state index in [1.54, 1.807) is 6.92 Å². The lowest BCUT2D eigenvalue weighted by Crippen LogP contribution is -2.18. The molecule has 3 rings (SSSR count). The molecule has 3 aromatic rings. The number of benzene rings is 2. The third kappa shape index (κ3) is 5.13. The smallest absolute Gasteiger partial charge is 0.376 e. The molecule has 0 spiro atoms. The quantitative estimate of drug-likeness (QED) is 0.384. The Labute approximate surface area is 176 Å². The molecule has 0 N–H and O–H groups in total. The van der Waals surface area contributed by atoms with E-state index in [0.29, 0.717) is 9.26 Å². The van der Waals surface area contributed by atoms with E-state index in [2.05, 4.69) is 9.97 Å². The average Bonchev–Trinajstić information content (AvgIpc) is 2.73. The van der Waals surface area contributed by atoms with Gasteiger partial charge in [0.15, 0.2) is 5.69 Å².